The van der Waals surface area contributed by atoms with E-state index in [2.05, 4.69) is 21.2 Å². The Morgan fingerprint density at radius 1 is 1.43 bits per heavy atom. The lowest BCUT2D eigenvalue weighted by molar-refractivity contribution is 0.0526. The lowest BCUT2D eigenvalue weighted by Crippen LogP contribution is -2.24. The van der Waals surface area contributed by atoms with Crippen molar-refractivity contribution in [2.45, 2.75) is 13.8 Å². The Morgan fingerprint density at radius 2 is 2.13 bits per heavy atom. The second-order valence-corrected chi connectivity index (χ2v) is 5.87. The van der Waals surface area contributed by atoms with E-state index >= 15 is 0 Å². The van der Waals surface area contributed by atoms with Gasteiger partial charge < -0.3 is 14.6 Å². The molecule has 0 saturated heterocycles. The number of aromatic nitrogens is 1. The van der Waals surface area contributed by atoms with E-state index in [9.17, 15) is 14.0 Å². The normalized spacial score (nSPS) is 10.5. The summed E-state index contributed by atoms with van der Waals surface area (Å²) >= 11 is 3.35. The number of nitrogens with zero attached hydrogens (tertiary/aromatic N) is 1. The monoisotopic (exact) mass is 382 g/mol. The van der Waals surface area contributed by atoms with Crippen molar-refractivity contribution in [3.05, 3.63) is 56.2 Å². The maximum absolute atomic E-state index is 14.4. The van der Waals surface area contributed by atoms with Gasteiger partial charge >= 0.3 is 5.97 Å². The molecule has 2 rings (SSSR count). The second kappa shape index (κ2) is 6.95. The summed E-state index contributed by atoms with van der Waals surface area (Å²) in [5, 5.41) is 2.83. The summed E-state index contributed by atoms with van der Waals surface area (Å²) in [7, 11) is 1.38. The molecule has 1 aromatic heterocycles. The quantitative estimate of drug-likeness (QED) is 0.821. The number of hydrogen-bond donors (Lipinski definition) is 1. The third kappa shape index (κ3) is 3.61. The number of halogens is 2. The van der Waals surface area contributed by atoms with Crippen molar-refractivity contribution in [2.24, 2.45) is 7.05 Å². The van der Waals surface area contributed by atoms with Crippen LogP contribution in [-0.4, -0.2) is 17.1 Å². The molecule has 0 radical (unpaired) electrons. The molecule has 1 N–H and O–H groups in total. The van der Waals surface area contributed by atoms with Crippen molar-refractivity contribution in [3.8, 4) is 0 Å². The number of benzene rings is 1. The zero-order valence-corrected chi connectivity index (χ0v) is 14.5. The predicted molar refractivity (Wildman–Crippen MR) is 89.8 cm³/mol. The van der Waals surface area contributed by atoms with Gasteiger partial charge in [-0.15, -0.1) is 0 Å². The van der Waals surface area contributed by atoms with E-state index in [1.165, 1.54) is 13.2 Å². The fraction of sp³-hybridized carbons (Fsp3) is 0.250. The molecule has 1 aromatic carbocycles. The van der Waals surface area contributed by atoms with Crippen molar-refractivity contribution in [2.75, 3.05) is 11.9 Å². The summed E-state index contributed by atoms with van der Waals surface area (Å²) in [6, 6.07) is 5.34. The van der Waals surface area contributed by atoms with E-state index in [4.69, 9.17) is 4.74 Å². The van der Waals surface area contributed by atoms with E-state index in [-0.39, 0.29) is 17.9 Å². The molecule has 0 aliphatic carbocycles. The Bertz CT molecular complexity index is 818. The minimum Gasteiger partial charge on any atom is -0.462 e. The zero-order valence-electron chi connectivity index (χ0n) is 12.9. The van der Waals surface area contributed by atoms with E-state index in [0.29, 0.717) is 5.69 Å². The van der Waals surface area contributed by atoms with Gasteiger partial charge in [-0.2, -0.15) is 4.39 Å². The van der Waals surface area contributed by atoms with Gasteiger partial charge in [-0.05, 0) is 37.6 Å². The molecule has 0 fully saturated rings. The summed E-state index contributed by atoms with van der Waals surface area (Å²) in [6.45, 7) is 3.64. The van der Waals surface area contributed by atoms with Crippen LogP contribution in [0.4, 0.5) is 15.8 Å². The smallest absolute Gasteiger partial charge is 0.341 e. The summed E-state index contributed by atoms with van der Waals surface area (Å²) in [4.78, 5) is 23.9. The third-order valence-electron chi connectivity index (χ3n) is 3.26. The first-order valence-electron chi connectivity index (χ1n) is 6.94. The molecule has 0 bridgehead atoms. The number of ether oxygens (including phenoxy) is 1. The Hall–Kier alpha value is -2.15. The molecule has 23 heavy (non-hydrogen) atoms. The summed E-state index contributed by atoms with van der Waals surface area (Å²) < 4.78 is 21.2. The number of nitrogens with one attached hydrogen (secondary N) is 1. The lowest BCUT2D eigenvalue weighted by Gasteiger charge is -2.15. The van der Waals surface area contributed by atoms with E-state index in [1.807, 2.05) is 13.0 Å². The van der Waals surface area contributed by atoms with E-state index in [0.717, 1.165) is 14.6 Å². The highest BCUT2D eigenvalue weighted by molar-refractivity contribution is 9.10. The van der Waals surface area contributed by atoms with Crippen molar-refractivity contribution in [3.63, 3.8) is 0 Å². The van der Waals surface area contributed by atoms with Gasteiger partial charge in [-0.1, -0.05) is 15.9 Å². The van der Waals surface area contributed by atoms with Gasteiger partial charge in [-0.3, -0.25) is 4.79 Å². The van der Waals surface area contributed by atoms with Crippen LogP contribution < -0.4 is 10.9 Å². The van der Waals surface area contributed by atoms with Crippen molar-refractivity contribution in [1.29, 1.82) is 0 Å². The van der Waals surface area contributed by atoms with Crippen LogP contribution in [0.1, 0.15) is 22.8 Å². The molecule has 0 spiro atoms. The van der Waals surface area contributed by atoms with Gasteiger partial charge in [-0.25, -0.2) is 4.79 Å². The minimum absolute atomic E-state index is 0.0335. The molecule has 0 amide bonds. The first-order chi connectivity index (χ1) is 10.8. The first-order valence-corrected chi connectivity index (χ1v) is 7.73. The van der Waals surface area contributed by atoms with Crippen molar-refractivity contribution >= 4 is 33.3 Å². The summed E-state index contributed by atoms with van der Waals surface area (Å²) in [5.41, 5.74) is 0.376. The van der Waals surface area contributed by atoms with Gasteiger partial charge in [0, 0.05) is 23.4 Å². The van der Waals surface area contributed by atoms with Crippen LogP contribution in [0.2, 0.25) is 0 Å². The number of anilines is 2. The van der Waals surface area contributed by atoms with Gasteiger partial charge in [0.2, 0.25) is 5.82 Å². The molecule has 7 heteroatoms. The predicted octanol–water partition coefficient (Wildman–Crippen LogP) is 3.52. The second-order valence-electron chi connectivity index (χ2n) is 4.95. The Morgan fingerprint density at radius 3 is 2.74 bits per heavy atom. The number of aryl methyl sites for hydroxylation is 2. The number of carbonyl (C=O) groups excluding carboxylic acids is 1. The highest BCUT2D eigenvalue weighted by Crippen LogP contribution is 2.27. The number of hydrogen-bond acceptors (Lipinski definition) is 4. The van der Waals surface area contributed by atoms with E-state index in [1.54, 1.807) is 19.1 Å². The molecule has 0 unspecified atom stereocenters. The molecule has 1 heterocycles. The molecule has 0 aliphatic heterocycles. The lowest BCUT2D eigenvalue weighted by atomic mass is 10.1. The largest absolute Gasteiger partial charge is 0.462 e. The van der Waals surface area contributed by atoms with Crippen LogP contribution in [0.3, 0.4) is 0 Å². The number of carbonyl (C=O) groups is 1. The van der Waals surface area contributed by atoms with Crippen LogP contribution >= 0.6 is 15.9 Å². The average Bonchev–Trinajstić information content (AvgIpc) is 2.50. The standard InChI is InChI=1S/C16H16BrFN2O3/c1-4-23-16(22)11-8-20(3)15(21)13(18)14(11)19-12-6-5-10(17)7-9(12)2/h5-8,19H,4H2,1-3H3. The SMILES string of the molecule is CCOC(=O)c1cn(C)c(=O)c(F)c1Nc1ccc(Br)cc1C. The average molecular weight is 383 g/mol. The molecule has 0 atom stereocenters. The number of esters is 1. The highest BCUT2D eigenvalue weighted by Gasteiger charge is 2.21. The van der Waals surface area contributed by atoms with E-state index < -0.39 is 17.3 Å². The van der Waals surface area contributed by atoms with Gasteiger partial charge in [0.15, 0.2) is 0 Å². The van der Waals surface area contributed by atoms with Crippen LogP contribution in [-0.2, 0) is 11.8 Å². The molecular weight excluding hydrogens is 367 g/mol. The van der Waals surface area contributed by atoms with Crippen molar-refractivity contribution in [1.82, 2.24) is 4.57 Å². The molecule has 0 aliphatic rings. The molecule has 5 nitrogen and oxygen atoms in total. The molecule has 122 valence electrons. The van der Waals surface area contributed by atoms with Gasteiger partial charge in [0.25, 0.3) is 5.56 Å². The first kappa shape index (κ1) is 17.2. The molecular formula is C16H16BrFN2O3. The highest BCUT2D eigenvalue weighted by atomic mass is 79.9. The Kier molecular flexibility index (Phi) is 5.20. The maximum atomic E-state index is 14.4. The minimum atomic E-state index is -1.03. The summed E-state index contributed by atoms with van der Waals surface area (Å²) in [6.07, 6.45) is 1.26. The Balaban J connectivity index is 2.57. The number of rotatable bonds is 4. The fourth-order valence-electron chi connectivity index (χ4n) is 2.08. The van der Waals surface area contributed by atoms with Crippen LogP contribution in [0.25, 0.3) is 0 Å². The molecule has 2 aromatic rings. The van der Waals surface area contributed by atoms with Crippen LogP contribution in [0.5, 0.6) is 0 Å². The van der Waals surface area contributed by atoms with Crippen molar-refractivity contribution < 1.29 is 13.9 Å². The van der Waals surface area contributed by atoms with Gasteiger partial charge in [0.1, 0.15) is 5.56 Å². The van der Waals surface area contributed by atoms with Crippen LogP contribution in [0.15, 0.2) is 33.7 Å². The maximum Gasteiger partial charge on any atom is 0.341 e. The number of pyridine rings is 1. The molecule has 0 saturated carbocycles. The summed E-state index contributed by atoms with van der Waals surface area (Å²) in [5.74, 6) is -1.72. The topological polar surface area (TPSA) is 60.3 Å². The van der Waals surface area contributed by atoms with Crippen LogP contribution in [0, 0.1) is 12.7 Å². The zero-order chi connectivity index (χ0) is 17.1. The Labute approximate surface area is 141 Å². The fourth-order valence-corrected chi connectivity index (χ4v) is 2.56. The van der Waals surface area contributed by atoms with Gasteiger partial charge in [0.05, 0.1) is 12.3 Å². The third-order valence-corrected chi connectivity index (χ3v) is 3.76.